The molecule has 0 bridgehead atoms. The van der Waals surface area contributed by atoms with E-state index in [1.165, 1.54) is 6.21 Å². The highest BCUT2D eigenvalue weighted by Crippen LogP contribution is 2.13. The molecule has 0 aliphatic rings. The van der Waals surface area contributed by atoms with E-state index in [1.54, 1.807) is 0 Å². The summed E-state index contributed by atoms with van der Waals surface area (Å²) in [5.74, 6) is 0. The van der Waals surface area contributed by atoms with E-state index in [1.807, 2.05) is 29.7 Å². The number of aromatic nitrogens is 2. The number of fused-ring (bicyclic) bond motifs is 1. The van der Waals surface area contributed by atoms with Crippen molar-refractivity contribution in [2.45, 2.75) is 6.92 Å². The van der Waals surface area contributed by atoms with Crippen molar-refractivity contribution in [1.82, 2.24) is 9.38 Å². The lowest BCUT2D eigenvalue weighted by Gasteiger charge is -1.96. The van der Waals surface area contributed by atoms with Crippen LogP contribution >= 0.6 is 22.6 Å². The standard InChI is InChI=1S/C9H8IN3O/c1-6-8(4-11-14)13-5-7(10)2-3-9(13)12-6/h2-5,14H,1H3/b11-4+. The summed E-state index contributed by atoms with van der Waals surface area (Å²) in [5.41, 5.74) is 2.52. The van der Waals surface area contributed by atoms with Gasteiger partial charge in [-0.1, -0.05) is 5.16 Å². The van der Waals surface area contributed by atoms with Gasteiger partial charge in [-0.05, 0) is 41.6 Å². The Hall–Kier alpha value is -1.11. The SMILES string of the molecule is Cc1nc2ccc(I)cn2c1/C=N/O. The summed E-state index contributed by atoms with van der Waals surface area (Å²) >= 11 is 2.23. The van der Waals surface area contributed by atoms with Gasteiger partial charge < -0.3 is 5.21 Å². The second kappa shape index (κ2) is 3.56. The van der Waals surface area contributed by atoms with Crippen LogP contribution in [0.4, 0.5) is 0 Å². The minimum atomic E-state index is 0.806. The molecular weight excluding hydrogens is 293 g/mol. The van der Waals surface area contributed by atoms with Gasteiger partial charge in [0.2, 0.25) is 0 Å². The molecule has 0 fully saturated rings. The van der Waals surface area contributed by atoms with E-state index in [9.17, 15) is 0 Å². The third-order valence-electron chi connectivity index (χ3n) is 1.98. The Labute approximate surface area is 94.4 Å². The first-order valence-electron chi connectivity index (χ1n) is 4.04. The first kappa shape index (κ1) is 9.45. The topological polar surface area (TPSA) is 49.9 Å². The van der Waals surface area contributed by atoms with Crippen LogP contribution in [0.15, 0.2) is 23.5 Å². The van der Waals surface area contributed by atoms with E-state index in [0.29, 0.717) is 0 Å². The average Bonchev–Trinajstić information content (AvgIpc) is 2.45. The largest absolute Gasteiger partial charge is 0.411 e. The molecule has 2 rings (SSSR count). The van der Waals surface area contributed by atoms with E-state index in [0.717, 1.165) is 20.6 Å². The highest BCUT2D eigenvalue weighted by atomic mass is 127. The second-order valence-corrected chi connectivity index (χ2v) is 4.15. The molecule has 2 aromatic rings. The predicted molar refractivity (Wildman–Crippen MR) is 62.0 cm³/mol. The Morgan fingerprint density at radius 2 is 2.36 bits per heavy atom. The van der Waals surface area contributed by atoms with Crippen LogP contribution in [0.3, 0.4) is 0 Å². The molecule has 0 spiro atoms. The number of nitrogens with zero attached hydrogens (tertiary/aromatic N) is 3. The predicted octanol–water partition coefficient (Wildman–Crippen LogP) is 2.06. The smallest absolute Gasteiger partial charge is 0.137 e. The summed E-state index contributed by atoms with van der Waals surface area (Å²) in [6.07, 6.45) is 3.35. The highest BCUT2D eigenvalue weighted by Gasteiger charge is 2.06. The molecule has 1 N–H and O–H groups in total. The number of aryl methyl sites for hydroxylation is 1. The van der Waals surface area contributed by atoms with Gasteiger partial charge in [-0.25, -0.2) is 4.98 Å². The van der Waals surface area contributed by atoms with Crippen molar-refractivity contribution in [3.8, 4) is 0 Å². The Bertz CT molecular complexity index is 504. The molecule has 0 unspecified atom stereocenters. The molecule has 4 nitrogen and oxygen atoms in total. The van der Waals surface area contributed by atoms with Crippen LogP contribution in [0.25, 0.3) is 5.65 Å². The molecule has 2 heterocycles. The van der Waals surface area contributed by atoms with Crippen molar-refractivity contribution in [3.63, 3.8) is 0 Å². The fourth-order valence-corrected chi connectivity index (χ4v) is 1.82. The number of hydrogen-bond acceptors (Lipinski definition) is 3. The van der Waals surface area contributed by atoms with E-state index in [4.69, 9.17) is 5.21 Å². The summed E-state index contributed by atoms with van der Waals surface area (Å²) in [6, 6.07) is 3.92. The quantitative estimate of drug-likeness (QED) is 0.379. The molecule has 72 valence electrons. The van der Waals surface area contributed by atoms with Crippen molar-refractivity contribution >= 4 is 34.5 Å². The Balaban J connectivity index is 2.79. The lowest BCUT2D eigenvalue weighted by atomic mass is 10.4. The number of pyridine rings is 1. The van der Waals surface area contributed by atoms with Crippen LogP contribution in [-0.4, -0.2) is 20.8 Å². The molecule has 0 saturated carbocycles. The molecule has 2 aromatic heterocycles. The van der Waals surface area contributed by atoms with Crippen LogP contribution in [0, 0.1) is 10.5 Å². The number of oxime groups is 1. The maximum atomic E-state index is 8.52. The second-order valence-electron chi connectivity index (χ2n) is 2.90. The molecular formula is C9H8IN3O. The summed E-state index contributed by atoms with van der Waals surface area (Å²) < 4.78 is 3.01. The molecule has 0 aromatic carbocycles. The Kier molecular flexibility index (Phi) is 2.40. The lowest BCUT2D eigenvalue weighted by Crippen LogP contribution is -1.93. The van der Waals surface area contributed by atoms with Crippen LogP contribution in [0.2, 0.25) is 0 Å². The summed E-state index contributed by atoms with van der Waals surface area (Å²) in [5, 5.41) is 11.5. The molecule has 0 saturated heterocycles. The molecule has 14 heavy (non-hydrogen) atoms. The zero-order chi connectivity index (χ0) is 10.1. The first-order valence-corrected chi connectivity index (χ1v) is 5.12. The number of hydrogen-bond donors (Lipinski definition) is 1. The summed E-state index contributed by atoms with van der Waals surface area (Å²) in [4.78, 5) is 4.33. The summed E-state index contributed by atoms with van der Waals surface area (Å²) in [7, 11) is 0. The van der Waals surface area contributed by atoms with Gasteiger partial charge in [0.25, 0.3) is 0 Å². The maximum absolute atomic E-state index is 8.52. The molecule has 0 aliphatic carbocycles. The average molecular weight is 301 g/mol. The van der Waals surface area contributed by atoms with Gasteiger partial charge >= 0.3 is 0 Å². The van der Waals surface area contributed by atoms with Crippen molar-refractivity contribution in [2.75, 3.05) is 0 Å². The van der Waals surface area contributed by atoms with Crippen molar-refractivity contribution in [2.24, 2.45) is 5.16 Å². The van der Waals surface area contributed by atoms with Crippen molar-refractivity contribution < 1.29 is 5.21 Å². The third-order valence-corrected chi connectivity index (χ3v) is 2.62. The van der Waals surface area contributed by atoms with Gasteiger partial charge in [-0.15, -0.1) is 0 Å². The zero-order valence-electron chi connectivity index (χ0n) is 7.48. The van der Waals surface area contributed by atoms with Crippen LogP contribution < -0.4 is 0 Å². The number of imidazole rings is 1. The summed E-state index contributed by atoms with van der Waals surface area (Å²) in [6.45, 7) is 1.89. The fraction of sp³-hybridized carbons (Fsp3) is 0.111. The molecule has 0 aliphatic heterocycles. The molecule has 0 atom stereocenters. The molecule has 5 heteroatoms. The van der Waals surface area contributed by atoms with Gasteiger partial charge in [0.1, 0.15) is 5.65 Å². The highest BCUT2D eigenvalue weighted by molar-refractivity contribution is 14.1. The van der Waals surface area contributed by atoms with Crippen LogP contribution in [0.5, 0.6) is 0 Å². The van der Waals surface area contributed by atoms with E-state index in [2.05, 4.69) is 32.7 Å². The normalized spacial score (nSPS) is 11.6. The third kappa shape index (κ3) is 1.47. The van der Waals surface area contributed by atoms with E-state index >= 15 is 0 Å². The van der Waals surface area contributed by atoms with Gasteiger partial charge in [-0.3, -0.25) is 4.40 Å². The Morgan fingerprint density at radius 1 is 1.57 bits per heavy atom. The lowest BCUT2D eigenvalue weighted by molar-refractivity contribution is 0.321. The van der Waals surface area contributed by atoms with E-state index in [-0.39, 0.29) is 0 Å². The van der Waals surface area contributed by atoms with Crippen LogP contribution in [-0.2, 0) is 0 Å². The van der Waals surface area contributed by atoms with Gasteiger partial charge in [0, 0.05) is 9.77 Å². The molecule has 0 amide bonds. The van der Waals surface area contributed by atoms with Crippen molar-refractivity contribution in [1.29, 1.82) is 0 Å². The number of rotatable bonds is 1. The minimum absolute atomic E-state index is 0.806. The van der Waals surface area contributed by atoms with E-state index < -0.39 is 0 Å². The van der Waals surface area contributed by atoms with Gasteiger partial charge in [0.15, 0.2) is 0 Å². The Morgan fingerprint density at radius 3 is 3.07 bits per heavy atom. The first-order chi connectivity index (χ1) is 6.72. The minimum Gasteiger partial charge on any atom is -0.411 e. The molecule has 0 radical (unpaired) electrons. The van der Waals surface area contributed by atoms with Gasteiger partial charge in [-0.2, -0.15) is 0 Å². The maximum Gasteiger partial charge on any atom is 0.137 e. The number of halogens is 1. The van der Waals surface area contributed by atoms with Crippen LogP contribution in [0.1, 0.15) is 11.4 Å². The zero-order valence-corrected chi connectivity index (χ0v) is 9.63. The monoisotopic (exact) mass is 301 g/mol. The fourth-order valence-electron chi connectivity index (χ4n) is 1.36. The van der Waals surface area contributed by atoms with Gasteiger partial charge in [0.05, 0.1) is 17.6 Å². The van der Waals surface area contributed by atoms with Crippen molar-refractivity contribution in [3.05, 3.63) is 33.3 Å².